The minimum Gasteiger partial charge on any atom is -0.478 e. The van der Waals surface area contributed by atoms with Crippen molar-refractivity contribution < 1.29 is 18.7 Å². The summed E-state index contributed by atoms with van der Waals surface area (Å²) in [7, 11) is 1.68. The Morgan fingerprint density at radius 2 is 2.16 bits per heavy atom. The van der Waals surface area contributed by atoms with Gasteiger partial charge in [-0.15, -0.1) is 0 Å². The highest BCUT2D eigenvalue weighted by Gasteiger charge is 2.17. The molecule has 6 nitrogen and oxygen atoms in total. The normalized spacial score (nSPS) is 10.5. The summed E-state index contributed by atoms with van der Waals surface area (Å²) < 4.78 is 28.5. The molecule has 0 fully saturated rings. The van der Waals surface area contributed by atoms with Gasteiger partial charge in [0, 0.05) is 7.05 Å². The average Bonchev–Trinajstić information content (AvgIpc) is 2.76. The van der Waals surface area contributed by atoms with Crippen LogP contribution in [-0.2, 0) is 13.6 Å². The van der Waals surface area contributed by atoms with E-state index >= 15 is 0 Å². The molecule has 0 atom stereocenters. The molecule has 2 aromatic rings. The van der Waals surface area contributed by atoms with E-state index in [4.69, 9.17) is 5.11 Å². The van der Waals surface area contributed by atoms with Crippen LogP contribution in [0.5, 0.6) is 0 Å². The van der Waals surface area contributed by atoms with Gasteiger partial charge in [0.1, 0.15) is 6.33 Å². The number of hydrogen-bond acceptors (Lipinski definition) is 4. The minimum absolute atomic E-state index is 0.101. The molecule has 1 aromatic heterocycles. The van der Waals surface area contributed by atoms with E-state index in [0.29, 0.717) is 5.82 Å². The van der Waals surface area contributed by atoms with E-state index in [9.17, 15) is 13.6 Å². The van der Waals surface area contributed by atoms with Crippen molar-refractivity contribution in [3.63, 3.8) is 0 Å². The molecule has 0 spiro atoms. The molecule has 1 aromatic carbocycles. The number of aryl methyl sites for hydroxylation is 1. The molecule has 100 valence electrons. The molecule has 2 N–H and O–H groups in total. The maximum atomic E-state index is 13.6. The lowest BCUT2D eigenvalue weighted by atomic mass is 10.2. The Hall–Kier alpha value is -2.51. The number of hydrogen-bond donors (Lipinski definition) is 2. The number of aromatic carboxylic acids is 1. The minimum atomic E-state index is -1.52. The quantitative estimate of drug-likeness (QED) is 0.876. The van der Waals surface area contributed by atoms with Crippen molar-refractivity contribution in [2.45, 2.75) is 6.54 Å². The molecule has 8 heteroatoms. The monoisotopic (exact) mass is 268 g/mol. The maximum absolute atomic E-state index is 13.6. The topological polar surface area (TPSA) is 80.0 Å². The number of aromatic nitrogens is 3. The van der Waals surface area contributed by atoms with Crippen molar-refractivity contribution in [1.29, 1.82) is 0 Å². The summed E-state index contributed by atoms with van der Waals surface area (Å²) in [6.45, 7) is 0.101. The predicted molar refractivity (Wildman–Crippen MR) is 61.6 cm³/mol. The summed E-state index contributed by atoms with van der Waals surface area (Å²) in [5, 5.41) is 15.2. The Bertz CT molecular complexity index is 627. The zero-order chi connectivity index (χ0) is 14.0. The molecule has 0 amide bonds. The van der Waals surface area contributed by atoms with Crippen molar-refractivity contribution in [3.8, 4) is 0 Å². The van der Waals surface area contributed by atoms with E-state index in [1.54, 1.807) is 7.05 Å². The van der Waals surface area contributed by atoms with E-state index in [-0.39, 0.29) is 12.2 Å². The van der Waals surface area contributed by atoms with Gasteiger partial charge in [0.15, 0.2) is 17.5 Å². The Morgan fingerprint density at radius 1 is 1.42 bits per heavy atom. The highest BCUT2D eigenvalue weighted by molar-refractivity contribution is 5.88. The number of halogens is 2. The van der Waals surface area contributed by atoms with Crippen LogP contribution >= 0.6 is 0 Å². The molecular formula is C11H10F2N4O2. The summed E-state index contributed by atoms with van der Waals surface area (Å²) in [5.74, 6) is -3.75. The third-order valence-electron chi connectivity index (χ3n) is 2.40. The van der Waals surface area contributed by atoms with Gasteiger partial charge in [-0.25, -0.2) is 18.6 Å². The lowest BCUT2D eigenvalue weighted by molar-refractivity contribution is 0.0690. The van der Waals surface area contributed by atoms with Gasteiger partial charge >= 0.3 is 5.97 Å². The van der Waals surface area contributed by atoms with Crippen molar-refractivity contribution in [2.75, 3.05) is 5.32 Å². The lowest BCUT2D eigenvalue weighted by Crippen LogP contribution is -2.08. The summed E-state index contributed by atoms with van der Waals surface area (Å²) in [5.41, 5.74) is -0.853. The Kier molecular flexibility index (Phi) is 3.41. The van der Waals surface area contributed by atoms with E-state index in [2.05, 4.69) is 15.4 Å². The van der Waals surface area contributed by atoms with Crippen LogP contribution in [-0.4, -0.2) is 25.8 Å². The van der Waals surface area contributed by atoms with Gasteiger partial charge in [-0.3, -0.25) is 4.68 Å². The first-order valence-electron chi connectivity index (χ1n) is 5.28. The Labute approximate surface area is 106 Å². The second-order valence-electron chi connectivity index (χ2n) is 3.78. The molecule has 0 aliphatic carbocycles. The number of carbonyl (C=O) groups is 1. The lowest BCUT2D eigenvalue weighted by Gasteiger charge is -2.07. The molecule has 0 aliphatic rings. The third-order valence-corrected chi connectivity index (χ3v) is 2.40. The van der Waals surface area contributed by atoms with Gasteiger partial charge < -0.3 is 10.4 Å². The van der Waals surface area contributed by atoms with Crippen molar-refractivity contribution >= 4 is 11.7 Å². The van der Waals surface area contributed by atoms with Crippen LogP contribution in [0.4, 0.5) is 14.5 Å². The molecule has 1 heterocycles. The van der Waals surface area contributed by atoms with E-state index < -0.39 is 23.2 Å². The molecule has 0 saturated heterocycles. The number of rotatable bonds is 4. The molecular weight excluding hydrogens is 258 g/mol. The molecule has 0 bridgehead atoms. The van der Waals surface area contributed by atoms with Crippen molar-refractivity contribution in [2.24, 2.45) is 7.05 Å². The van der Waals surface area contributed by atoms with Crippen LogP contribution in [0.3, 0.4) is 0 Å². The number of nitrogens with zero attached hydrogens (tertiary/aromatic N) is 3. The summed E-state index contributed by atoms with van der Waals surface area (Å²) >= 11 is 0. The standard InChI is InChI=1S/C11H10F2N4O2/c1-17-5-15-8(16-17)4-14-7-3-2-6(11(18)19)9(12)10(7)13/h2-3,5,14H,4H2,1H3,(H,18,19). The number of nitrogens with one attached hydrogen (secondary N) is 1. The first kappa shape index (κ1) is 12.9. The van der Waals surface area contributed by atoms with Gasteiger partial charge in [-0.1, -0.05) is 0 Å². The average molecular weight is 268 g/mol. The maximum Gasteiger partial charge on any atom is 0.338 e. The van der Waals surface area contributed by atoms with Crippen LogP contribution in [0.2, 0.25) is 0 Å². The molecule has 0 unspecified atom stereocenters. The van der Waals surface area contributed by atoms with Crippen LogP contribution < -0.4 is 5.32 Å². The number of carboxylic acids is 1. The van der Waals surface area contributed by atoms with E-state index in [0.717, 1.165) is 12.1 Å². The second kappa shape index (κ2) is 5.01. The number of anilines is 1. The molecule has 0 radical (unpaired) electrons. The predicted octanol–water partition coefficient (Wildman–Crippen LogP) is 1.40. The van der Waals surface area contributed by atoms with E-state index in [1.807, 2.05) is 0 Å². The van der Waals surface area contributed by atoms with Crippen LogP contribution in [0.1, 0.15) is 16.2 Å². The largest absolute Gasteiger partial charge is 0.478 e. The highest BCUT2D eigenvalue weighted by atomic mass is 19.2. The molecule has 19 heavy (non-hydrogen) atoms. The van der Waals surface area contributed by atoms with Gasteiger partial charge in [-0.2, -0.15) is 5.10 Å². The first-order chi connectivity index (χ1) is 8.99. The fourth-order valence-corrected chi connectivity index (χ4v) is 1.49. The zero-order valence-corrected chi connectivity index (χ0v) is 9.89. The van der Waals surface area contributed by atoms with Crippen LogP contribution in [0, 0.1) is 11.6 Å². The number of benzene rings is 1. The van der Waals surface area contributed by atoms with Gasteiger partial charge in [0.05, 0.1) is 17.8 Å². The SMILES string of the molecule is Cn1cnc(CNc2ccc(C(=O)O)c(F)c2F)n1. The van der Waals surface area contributed by atoms with Crippen molar-refractivity contribution in [1.82, 2.24) is 14.8 Å². The summed E-state index contributed by atoms with van der Waals surface area (Å²) in [6, 6.07) is 2.15. The Morgan fingerprint density at radius 3 is 2.74 bits per heavy atom. The fourth-order valence-electron chi connectivity index (χ4n) is 1.49. The second-order valence-corrected chi connectivity index (χ2v) is 3.78. The Balaban J connectivity index is 2.17. The first-order valence-corrected chi connectivity index (χ1v) is 5.28. The van der Waals surface area contributed by atoms with Gasteiger partial charge in [0.25, 0.3) is 0 Å². The van der Waals surface area contributed by atoms with Crippen LogP contribution in [0.25, 0.3) is 0 Å². The fraction of sp³-hybridized carbons (Fsp3) is 0.182. The van der Waals surface area contributed by atoms with Crippen LogP contribution in [0.15, 0.2) is 18.5 Å². The van der Waals surface area contributed by atoms with Gasteiger partial charge in [0.2, 0.25) is 0 Å². The zero-order valence-electron chi connectivity index (χ0n) is 9.89. The number of carboxylic acid groups (broad SMARTS) is 1. The molecule has 0 aliphatic heterocycles. The van der Waals surface area contributed by atoms with Crippen molar-refractivity contribution in [3.05, 3.63) is 41.5 Å². The van der Waals surface area contributed by atoms with E-state index in [1.165, 1.54) is 11.0 Å². The third kappa shape index (κ3) is 2.67. The smallest absolute Gasteiger partial charge is 0.338 e. The molecule has 2 rings (SSSR count). The summed E-state index contributed by atoms with van der Waals surface area (Å²) in [6.07, 6.45) is 1.47. The summed E-state index contributed by atoms with van der Waals surface area (Å²) in [4.78, 5) is 14.5. The molecule has 0 saturated carbocycles. The highest BCUT2D eigenvalue weighted by Crippen LogP contribution is 2.21. The van der Waals surface area contributed by atoms with Gasteiger partial charge in [-0.05, 0) is 12.1 Å².